The van der Waals surface area contributed by atoms with Gasteiger partial charge < -0.3 is 16.0 Å². The number of nitrogens with one attached hydrogen (secondary N) is 1. The van der Waals surface area contributed by atoms with E-state index in [0.29, 0.717) is 13.0 Å². The van der Waals surface area contributed by atoms with Crippen molar-refractivity contribution in [2.45, 2.75) is 38.3 Å². The van der Waals surface area contributed by atoms with Crippen molar-refractivity contribution in [1.29, 1.82) is 0 Å². The lowest BCUT2D eigenvalue weighted by atomic mass is 9.99. The Balaban J connectivity index is 1.71. The molecule has 21 heavy (non-hydrogen) atoms. The lowest BCUT2D eigenvalue weighted by Gasteiger charge is -2.20. The Bertz CT molecular complexity index is 475. The maximum absolute atomic E-state index is 12.1. The van der Waals surface area contributed by atoms with Gasteiger partial charge in [0.1, 0.15) is 0 Å². The molecule has 1 aliphatic rings. The van der Waals surface area contributed by atoms with Crippen LogP contribution in [0.1, 0.15) is 30.6 Å². The Morgan fingerprint density at radius 1 is 1.48 bits per heavy atom. The normalized spacial score (nSPS) is 21.2. The van der Waals surface area contributed by atoms with Crippen molar-refractivity contribution in [2.75, 3.05) is 13.6 Å². The monoisotopic (exact) mass is 309 g/mol. The van der Waals surface area contributed by atoms with E-state index in [9.17, 15) is 9.59 Å². The van der Waals surface area contributed by atoms with Crippen LogP contribution in [0.15, 0.2) is 17.5 Å². The summed E-state index contributed by atoms with van der Waals surface area (Å²) in [6, 6.07) is 4.06. The Kier molecular flexibility index (Phi) is 5.76. The van der Waals surface area contributed by atoms with E-state index in [-0.39, 0.29) is 30.3 Å². The van der Waals surface area contributed by atoms with Crippen molar-refractivity contribution in [3.63, 3.8) is 0 Å². The minimum absolute atomic E-state index is 0.00336. The largest absolute Gasteiger partial charge is 0.350 e. The molecule has 0 aromatic carbocycles. The highest BCUT2D eigenvalue weighted by molar-refractivity contribution is 7.09. The molecule has 1 fully saturated rings. The Labute approximate surface area is 129 Å². The average Bonchev–Trinajstić information content (AvgIpc) is 3.09. The molecule has 0 saturated heterocycles. The van der Waals surface area contributed by atoms with Crippen LogP contribution in [0.4, 0.5) is 0 Å². The highest BCUT2D eigenvalue weighted by atomic mass is 32.1. The smallest absolute Gasteiger partial charge is 0.239 e. The van der Waals surface area contributed by atoms with Gasteiger partial charge in [-0.2, -0.15) is 0 Å². The fourth-order valence-corrected chi connectivity index (χ4v) is 3.30. The van der Waals surface area contributed by atoms with E-state index in [0.717, 1.165) is 24.1 Å². The summed E-state index contributed by atoms with van der Waals surface area (Å²) >= 11 is 1.60. The summed E-state index contributed by atoms with van der Waals surface area (Å²) in [6.45, 7) is 0.623. The number of hydrogen-bond acceptors (Lipinski definition) is 4. The van der Waals surface area contributed by atoms with Crippen LogP contribution in [-0.4, -0.2) is 36.3 Å². The average molecular weight is 309 g/mol. The Morgan fingerprint density at radius 3 is 2.90 bits per heavy atom. The molecule has 3 N–H and O–H groups in total. The van der Waals surface area contributed by atoms with E-state index in [2.05, 4.69) is 5.32 Å². The summed E-state index contributed by atoms with van der Waals surface area (Å²) < 4.78 is 0. The molecule has 2 atom stereocenters. The zero-order valence-corrected chi connectivity index (χ0v) is 13.2. The predicted molar refractivity (Wildman–Crippen MR) is 83.7 cm³/mol. The molecule has 0 radical (unpaired) electrons. The summed E-state index contributed by atoms with van der Waals surface area (Å²) in [5.41, 5.74) is 5.98. The number of nitrogens with two attached hydrogens (primary N) is 1. The van der Waals surface area contributed by atoms with Gasteiger partial charge in [-0.1, -0.05) is 12.5 Å². The van der Waals surface area contributed by atoms with Crippen LogP contribution < -0.4 is 11.1 Å². The summed E-state index contributed by atoms with van der Waals surface area (Å²) in [5, 5.41) is 4.80. The Hall–Kier alpha value is -1.40. The van der Waals surface area contributed by atoms with Crippen molar-refractivity contribution >= 4 is 23.2 Å². The summed E-state index contributed by atoms with van der Waals surface area (Å²) in [6.07, 6.45) is 3.58. The van der Waals surface area contributed by atoms with Gasteiger partial charge in [-0.3, -0.25) is 9.59 Å². The molecule has 1 heterocycles. The molecule has 1 aliphatic carbocycles. The summed E-state index contributed by atoms with van der Waals surface area (Å²) in [4.78, 5) is 26.5. The molecule has 6 heteroatoms. The van der Waals surface area contributed by atoms with Crippen LogP contribution in [0.25, 0.3) is 0 Å². The minimum atomic E-state index is -0.130. The third-order valence-corrected chi connectivity index (χ3v) is 4.88. The maximum Gasteiger partial charge on any atom is 0.239 e. The van der Waals surface area contributed by atoms with Crippen molar-refractivity contribution in [2.24, 2.45) is 11.7 Å². The van der Waals surface area contributed by atoms with E-state index in [4.69, 9.17) is 5.73 Å². The van der Waals surface area contributed by atoms with Gasteiger partial charge in [0.05, 0.1) is 13.1 Å². The molecule has 0 bridgehead atoms. The van der Waals surface area contributed by atoms with Gasteiger partial charge in [0, 0.05) is 24.4 Å². The first kappa shape index (κ1) is 16.0. The number of thiophene rings is 1. The van der Waals surface area contributed by atoms with Crippen molar-refractivity contribution < 1.29 is 9.59 Å². The zero-order chi connectivity index (χ0) is 15.2. The van der Waals surface area contributed by atoms with Crippen LogP contribution in [0, 0.1) is 5.92 Å². The summed E-state index contributed by atoms with van der Waals surface area (Å²) in [5.74, 6) is 0.146. The Morgan fingerprint density at radius 2 is 2.29 bits per heavy atom. The molecule has 0 unspecified atom stereocenters. The summed E-state index contributed by atoms with van der Waals surface area (Å²) in [7, 11) is 1.67. The SMILES string of the molecule is CN(CC(=O)NCc1cccs1)C(=O)C[C@@H]1CCC[C@H]1N. The van der Waals surface area contributed by atoms with Gasteiger partial charge in [-0.25, -0.2) is 0 Å². The second-order valence-electron chi connectivity index (χ2n) is 5.66. The van der Waals surface area contributed by atoms with Gasteiger partial charge >= 0.3 is 0 Å². The standard InChI is InChI=1S/C15H23N3O2S/c1-18(15(20)8-11-4-2-6-13(11)16)10-14(19)17-9-12-5-3-7-21-12/h3,5,7,11,13H,2,4,6,8-10,16H2,1H3,(H,17,19)/t11-,13+/m0/s1. The predicted octanol–water partition coefficient (Wildman–Crippen LogP) is 1.34. The van der Waals surface area contributed by atoms with Gasteiger partial charge in [0.2, 0.25) is 11.8 Å². The van der Waals surface area contributed by atoms with Crippen LogP contribution in [0.5, 0.6) is 0 Å². The molecule has 1 aromatic rings. The fraction of sp³-hybridized carbons (Fsp3) is 0.600. The van der Waals surface area contributed by atoms with Crippen LogP contribution >= 0.6 is 11.3 Å². The third-order valence-electron chi connectivity index (χ3n) is 4.00. The first-order valence-corrected chi connectivity index (χ1v) is 8.23. The second-order valence-corrected chi connectivity index (χ2v) is 6.70. The number of hydrogen-bond donors (Lipinski definition) is 2. The highest BCUT2D eigenvalue weighted by Gasteiger charge is 2.27. The van der Waals surface area contributed by atoms with Gasteiger partial charge in [-0.05, 0) is 30.2 Å². The topological polar surface area (TPSA) is 75.4 Å². The number of carbonyl (C=O) groups is 2. The maximum atomic E-state index is 12.1. The number of amides is 2. The molecule has 2 amide bonds. The van der Waals surface area contributed by atoms with Gasteiger partial charge in [-0.15, -0.1) is 11.3 Å². The van der Waals surface area contributed by atoms with E-state index in [1.54, 1.807) is 18.4 Å². The van der Waals surface area contributed by atoms with E-state index >= 15 is 0 Å². The molecule has 1 saturated carbocycles. The zero-order valence-electron chi connectivity index (χ0n) is 12.4. The van der Waals surface area contributed by atoms with Crippen LogP contribution in [0.3, 0.4) is 0 Å². The van der Waals surface area contributed by atoms with Gasteiger partial charge in [0.15, 0.2) is 0 Å². The number of likely N-dealkylation sites (N-methyl/N-ethyl adjacent to an activating group) is 1. The quantitative estimate of drug-likeness (QED) is 0.832. The molecule has 0 aliphatic heterocycles. The first-order valence-electron chi connectivity index (χ1n) is 7.35. The van der Waals surface area contributed by atoms with E-state index in [1.807, 2.05) is 17.5 Å². The molecule has 5 nitrogen and oxygen atoms in total. The molecule has 0 spiro atoms. The molecule has 2 rings (SSSR count). The molecular formula is C15H23N3O2S. The molecule has 116 valence electrons. The number of carbonyl (C=O) groups excluding carboxylic acids is 2. The van der Waals surface area contributed by atoms with E-state index < -0.39 is 0 Å². The minimum Gasteiger partial charge on any atom is -0.350 e. The number of rotatable bonds is 6. The number of nitrogens with zero attached hydrogens (tertiary/aromatic N) is 1. The fourth-order valence-electron chi connectivity index (χ4n) is 2.66. The highest BCUT2D eigenvalue weighted by Crippen LogP contribution is 2.27. The first-order chi connectivity index (χ1) is 10.1. The van der Waals surface area contributed by atoms with Gasteiger partial charge in [0.25, 0.3) is 0 Å². The molecule has 1 aromatic heterocycles. The van der Waals surface area contributed by atoms with Crippen LogP contribution in [-0.2, 0) is 16.1 Å². The van der Waals surface area contributed by atoms with Crippen molar-refractivity contribution in [3.05, 3.63) is 22.4 Å². The van der Waals surface area contributed by atoms with Crippen LogP contribution in [0.2, 0.25) is 0 Å². The van der Waals surface area contributed by atoms with E-state index in [1.165, 1.54) is 4.90 Å². The molecular weight excluding hydrogens is 286 g/mol. The third kappa shape index (κ3) is 4.82. The lowest BCUT2D eigenvalue weighted by Crippen LogP contribution is -2.39. The van der Waals surface area contributed by atoms with Crippen molar-refractivity contribution in [1.82, 2.24) is 10.2 Å². The van der Waals surface area contributed by atoms with Crippen molar-refractivity contribution in [3.8, 4) is 0 Å². The lowest BCUT2D eigenvalue weighted by molar-refractivity contribution is -0.135. The second kappa shape index (κ2) is 7.56.